The average Bonchev–Trinajstić information content (AvgIpc) is 2.92. The Morgan fingerprint density at radius 2 is 2.14 bits per heavy atom. The molecule has 0 aliphatic carbocycles. The molecule has 2 aromatic rings. The van der Waals surface area contributed by atoms with Crippen LogP contribution in [0.25, 0.3) is 0 Å². The predicted molar refractivity (Wildman–Crippen MR) is 93.5 cm³/mol. The van der Waals surface area contributed by atoms with Crippen molar-refractivity contribution in [3.8, 4) is 0 Å². The Bertz CT molecular complexity index is 651. The van der Waals surface area contributed by atoms with Crippen molar-refractivity contribution in [2.75, 3.05) is 24.2 Å². The molecular formula is C15H20BrN5S. The van der Waals surface area contributed by atoms with Crippen LogP contribution in [0.15, 0.2) is 28.2 Å². The smallest absolute Gasteiger partial charge is 0.189 e. The molecule has 0 aromatic carbocycles. The summed E-state index contributed by atoms with van der Waals surface area (Å²) in [5, 5.41) is 0.818. The molecule has 2 aromatic heterocycles. The molecule has 7 heteroatoms. The van der Waals surface area contributed by atoms with Crippen LogP contribution in [0.1, 0.15) is 25.6 Å². The average molecular weight is 382 g/mol. The first-order valence-corrected chi connectivity index (χ1v) is 9.42. The molecule has 3 heterocycles. The van der Waals surface area contributed by atoms with Crippen LogP contribution in [0.3, 0.4) is 0 Å². The Hall–Kier alpha value is -1.08. The highest BCUT2D eigenvalue weighted by molar-refractivity contribution is 9.10. The van der Waals surface area contributed by atoms with Crippen LogP contribution in [0.5, 0.6) is 0 Å². The summed E-state index contributed by atoms with van der Waals surface area (Å²) in [6.45, 7) is 7.46. The van der Waals surface area contributed by atoms with E-state index in [1.165, 1.54) is 5.82 Å². The van der Waals surface area contributed by atoms with Crippen LogP contribution in [0, 0.1) is 5.92 Å². The van der Waals surface area contributed by atoms with Gasteiger partial charge < -0.3 is 9.47 Å². The summed E-state index contributed by atoms with van der Waals surface area (Å²) in [6.07, 6.45) is 7.83. The van der Waals surface area contributed by atoms with Crippen LogP contribution in [-0.4, -0.2) is 38.9 Å². The van der Waals surface area contributed by atoms with Crippen molar-refractivity contribution in [3.63, 3.8) is 0 Å². The number of nitrogens with zero attached hydrogens (tertiary/aromatic N) is 5. The first-order valence-electron chi connectivity index (χ1n) is 7.41. The quantitative estimate of drug-likeness (QED) is 0.586. The van der Waals surface area contributed by atoms with Gasteiger partial charge in [0.25, 0.3) is 0 Å². The SMILES string of the molecule is CSc1ncc(Br)c(N2CC(Cn3ccnc3C(C)C)C2)n1. The lowest BCUT2D eigenvalue weighted by Crippen LogP contribution is -2.49. The molecule has 0 bridgehead atoms. The molecule has 3 rings (SSSR count). The minimum atomic E-state index is 0.464. The maximum Gasteiger partial charge on any atom is 0.189 e. The Labute approximate surface area is 143 Å². The van der Waals surface area contributed by atoms with Gasteiger partial charge in [0.1, 0.15) is 11.6 Å². The zero-order chi connectivity index (χ0) is 15.7. The van der Waals surface area contributed by atoms with Gasteiger partial charge in [-0.2, -0.15) is 0 Å². The zero-order valence-corrected chi connectivity index (χ0v) is 15.4. The van der Waals surface area contributed by atoms with Crippen molar-refractivity contribution in [2.24, 2.45) is 5.92 Å². The molecule has 0 spiro atoms. The van der Waals surface area contributed by atoms with E-state index in [0.717, 1.165) is 35.1 Å². The number of aromatic nitrogens is 4. The Morgan fingerprint density at radius 3 is 2.82 bits per heavy atom. The minimum Gasteiger partial charge on any atom is -0.355 e. The highest BCUT2D eigenvalue weighted by Gasteiger charge is 2.30. The van der Waals surface area contributed by atoms with E-state index >= 15 is 0 Å². The van der Waals surface area contributed by atoms with Gasteiger partial charge >= 0.3 is 0 Å². The molecule has 118 valence electrons. The van der Waals surface area contributed by atoms with E-state index in [9.17, 15) is 0 Å². The van der Waals surface area contributed by atoms with E-state index in [0.29, 0.717) is 11.8 Å². The van der Waals surface area contributed by atoms with Crippen molar-refractivity contribution in [3.05, 3.63) is 28.9 Å². The van der Waals surface area contributed by atoms with Crippen LogP contribution in [-0.2, 0) is 6.54 Å². The summed E-state index contributed by atoms with van der Waals surface area (Å²) in [5.41, 5.74) is 0. The molecule has 0 atom stereocenters. The van der Waals surface area contributed by atoms with Crippen molar-refractivity contribution >= 4 is 33.5 Å². The third-order valence-corrected chi connectivity index (χ3v) is 4.98. The van der Waals surface area contributed by atoms with Gasteiger partial charge in [0.15, 0.2) is 5.16 Å². The summed E-state index contributed by atoms with van der Waals surface area (Å²) >= 11 is 5.13. The molecule has 0 saturated carbocycles. The Morgan fingerprint density at radius 1 is 1.36 bits per heavy atom. The van der Waals surface area contributed by atoms with E-state index in [1.807, 2.05) is 18.6 Å². The number of imidazole rings is 1. The molecule has 0 radical (unpaired) electrons. The Kier molecular flexibility index (Phi) is 4.73. The second kappa shape index (κ2) is 6.58. The van der Waals surface area contributed by atoms with Crippen molar-refractivity contribution < 1.29 is 0 Å². The predicted octanol–water partition coefficient (Wildman–Crippen LogP) is 3.42. The van der Waals surface area contributed by atoms with Gasteiger partial charge in [-0.1, -0.05) is 25.6 Å². The van der Waals surface area contributed by atoms with Crippen LogP contribution >= 0.6 is 27.7 Å². The van der Waals surface area contributed by atoms with Gasteiger partial charge in [-0.25, -0.2) is 15.0 Å². The lowest BCUT2D eigenvalue weighted by molar-refractivity contribution is 0.347. The maximum absolute atomic E-state index is 4.60. The molecule has 1 fully saturated rings. The third kappa shape index (κ3) is 3.15. The lowest BCUT2D eigenvalue weighted by Gasteiger charge is -2.41. The maximum atomic E-state index is 4.60. The van der Waals surface area contributed by atoms with Crippen molar-refractivity contribution in [2.45, 2.75) is 31.5 Å². The molecule has 22 heavy (non-hydrogen) atoms. The first-order chi connectivity index (χ1) is 10.6. The van der Waals surface area contributed by atoms with E-state index in [4.69, 9.17) is 0 Å². The molecule has 0 unspecified atom stereocenters. The van der Waals surface area contributed by atoms with Crippen LogP contribution in [0.2, 0.25) is 0 Å². The highest BCUT2D eigenvalue weighted by Crippen LogP contribution is 2.31. The molecule has 5 nitrogen and oxygen atoms in total. The number of halogens is 1. The number of anilines is 1. The lowest BCUT2D eigenvalue weighted by atomic mass is 10.00. The van der Waals surface area contributed by atoms with Gasteiger partial charge in [-0.3, -0.25) is 0 Å². The van der Waals surface area contributed by atoms with E-state index in [2.05, 4.69) is 60.4 Å². The summed E-state index contributed by atoms with van der Waals surface area (Å²) in [4.78, 5) is 15.6. The molecule has 1 saturated heterocycles. The summed E-state index contributed by atoms with van der Waals surface area (Å²) in [7, 11) is 0. The summed E-state index contributed by atoms with van der Waals surface area (Å²) < 4.78 is 3.25. The second-order valence-corrected chi connectivity index (χ2v) is 7.52. The fourth-order valence-electron chi connectivity index (χ4n) is 2.77. The molecule has 1 aliphatic heterocycles. The van der Waals surface area contributed by atoms with E-state index in [1.54, 1.807) is 11.8 Å². The topological polar surface area (TPSA) is 46.8 Å². The van der Waals surface area contributed by atoms with Crippen molar-refractivity contribution in [1.82, 2.24) is 19.5 Å². The van der Waals surface area contributed by atoms with Gasteiger partial charge in [0.05, 0.1) is 4.47 Å². The fraction of sp³-hybridized carbons (Fsp3) is 0.533. The molecular weight excluding hydrogens is 362 g/mol. The summed E-state index contributed by atoms with van der Waals surface area (Å²) in [5.74, 6) is 3.29. The molecule has 1 aliphatic rings. The monoisotopic (exact) mass is 381 g/mol. The normalized spacial score (nSPS) is 15.4. The standard InChI is InChI=1S/C15H20BrN5S/c1-10(2)13-17-4-5-20(13)7-11-8-21(9-11)14-12(16)6-18-15(19-14)22-3/h4-6,10-11H,7-9H2,1-3H3. The van der Waals surface area contributed by atoms with Gasteiger partial charge in [0, 0.05) is 50.1 Å². The number of hydrogen-bond acceptors (Lipinski definition) is 5. The van der Waals surface area contributed by atoms with Crippen LogP contribution < -0.4 is 4.90 Å². The number of hydrogen-bond donors (Lipinski definition) is 0. The molecule has 0 amide bonds. The first kappa shape index (κ1) is 15.8. The van der Waals surface area contributed by atoms with Gasteiger partial charge in [-0.15, -0.1) is 0 Å². The summed E-state index contributed by atoms with van der Waals surface area (Å²) in [6, 6.07) is 0. The number of thioether (sulfide) groups is 1. The highest BCUT2D eigenvalue weighted by atomic mass is 79.9. The third-order valence-electron chi connectivity index (χ3n) is 3.86. The van der Waals surface area contributed by atoms with Crippen molar-refractivity contribution in [1.29, 1.82) is 0 Å². The number of rotatable bonds is 5. The molecule has 0 N–H and O–H groups in total. The van der Waals surface area contributed by atoms with Gasteiger partial charge in [0.2, 0.25) is 0 Å². The zero-order valence-electron chi connectivity index (χ0n) is 13.0. The fourth-order valence-corrected chi connectivity index (χ4v) is 3.55. The largest absolute Gasteiger partial charge is 0.355 e. The Balaban J connectivity index is 1.64. The van der Waals surface area contributed by atoms with Crippen LogP contribution in [0.4, 0.5) is 5.82 Å². The van der Waals surface area contributed by atoms with E-state index < -0.39 is 0 Å². The second-order valence-electron chi connectivity index (χ2n) is 5.89. The van der Waals surface area contributed by atoms with E-state index in [-0.39, 0.29) is 0 Å². The minimum absolute atomic E-state index is 0.464. The van der Waals surface area contributed by atoms with Gasteiger partial charge in [-0.05, 0) is 22.2 Å².